The van der Waals surface area contributed by atoms with Crippen LogP contribution in [0.2, 0.25) is 0 Å². The Labute approximate surface area is 120 Å². The predicted octanol–water partition coefficient (Wildman–Crippen LogP) is 3.17. The molecule has 3 aromatic rings. The number of rotatable bonds is 3. The summed E-state index contributed by atoms with van der Waals surface area (Å²) in [7, 11) is 0. The van der Waals surface area contributed by atoms with Gasteiger partial charge < -0.3 is 9.84 Å². The molecular formula is C15H14N2O2S. The zero-order chi connectivity index (χ0) is 13.5. The van der Waals surface area contributed by atoms with Crippen LogP contribution in [0.4, 0.5) is 0 Å². The number of imidazole rings is 1. The Morgan fingerprint density at radius 3 is 3.10 bits per heavy atom. The van der Waals surface area contributed by atoms with Gasteiger partial charge in [0.05, 0.1) is 6.61 Å². The summed E-state index contributed by atoms with van der Waals surface area (Å²) in [6, 6.07) is 6.21. The van der Waals surface area contributed by atoms with Gasteiger partial charge in [-0.3, -0.25) is 4.40 Å². The van der Waals surface area contributed by atoms with E-state index in [4.69, 9.17) is 4.74 Å². The normalized spacial score (nSPS) is 13.8. The van der Waals surface area contributed by atoms with Crippen LogP contribution < -0.4 is 4.74 Å². The lowest BCUT2D eigenvalue weighted by Crippen LogP contribution is -1.94. The molecule has 4 rings (SSSR count). The van der Waals surface area contributed by atoms with Gasteiger partial charge in [-0.25, -0.2) is 0 Å². The molecule has 0 unspecified atom stereocenters. The lowest BCUT2D eigenvalue weighted by atomic mass is 10.1. The van der Waals surface area contributed by atoms with Crippen LogP contribution in [0.1, 0.15) is 23.2 Å². The molecule has 1 aromatic carbocycles. The minimum absolute atomic E-state index is 0.0851. The van der Waals surface area contributed by atoms with Crippen LogP contribution in [0, 0.1) is 0 Å². The molecule has 0 radical (unpaired) electrons. The standard InChI is InChI=1S/C15H14N2O2S/c18-9-13-14(16-15-17(13)6-7-20-15)19-12-5-4-10-2-1-3-11(10)8-12/h4-8,18H,1-3,9H2. The molecular weight excluding hydrogens is 272 g/mol. The summed E-state index contributed by atoms with van der Waals surface area (Å²) in [4.78, 5) is 5.27. The number of aryl methyl sites for hydroxylation is 2. The van der Waals surface area contributed by atoms with Gasteiger partial charge in [-0.05, 0) is 42.5 Å². The van der Waals surface area contributed by atoms with Crippen molar-refractivity contribution in [3.05, 3.63) is 46.6 Å². The lowest BCUT2D eigenvalue weighted by Gasteiger charge is -2.06. The fraction of sp³-hybridized carbons (Fsp3) is 0.267. The zero-order valence-corrected chi connectivity index (χ0v) is 11.7. The maximum atomic E-state index is 9.52. The van der Waals surface area contributed by atoms with E-state index in [9.17, 15) is 5.11 Å². The molecule has 20 heavy (non-hydrogen) atoms. The molecule has 4 nitrogen and oxygen atoms in total. The summed E-state index contributed by atoms with van der Waals surface area (Å²) in [5, 5.41) is 11.5. The average Bonchev–Trinajstić information content (AvgIpc) is 3.12. The van der Waals surface area contributed by atoms with Crippen LogP contribution in [0.3, 0.4) is 0 Å². The Balaban J connectivity index is 1.71. The largest absolute Gasteiger partial charge is 0.437 e. The molecule has 0 saturated carbocycles. The average molecular weight is 286 g/mol. The van der Waals surface area contributed by atoms with E-state index in [0.29, 0.717) is 11.6 Å². The van der Waals surface area contributed by atoms with Crippen LogP contribution >= 0.6 is 11.3 Å². The second-order valence-electron chi connectivity index (χ2n) is 4.96. The van der Waals surface area contributed by atoms with E-state index in [0.717, 1.165) is 23.6 Å². The van der Waals surface area contributed by atoms with Gasteiger partial charge in [0.1, 0.15) is 11.4 Å². The third kappa shape index (κ3) is 1.82. The Bertz CT molecular complexity index is 775. The van der Waals surface area contributed by atoms with E-state index in [1.807, 2.05) is 22.0 Å². The summed E-state index contributed by atoms with van der Waals surface area (Å²) in [6.45, 7) is -0.0851. The maximum absolute atomic E-state index is 9.52. The number of aliphatic hydroxyl groups excluding tert-OH is 1. The molecule has 1 aliphatic carbocycles. The summed E-state index contributed by atoms with van der Waals surface area (Å²) < 4.78 is 7.75. The zero-order valence-electron chi connectivity index (χ0n) is 10.9. The third-order valence-electron chi connectivity index (χ3n) is 3.76. The van der Waals surface area contributed by atoms with E-state index in [-0.39, 0.29) is 6.61 Å². The third-order valence-corrected chi connectivity index (χ3v) is 4.52. The topological polar surface area (TPSA) is 46.8 Å². The Kier molecular flexibility index (Phi) is 2.75. The number of aliphatic hydroxyl groups is 1. The molecule has 0 aliphatic heterocycles. The van der Waals surface area contributed by atoms with Gasteiger partial charge in [0.2, 0.25) is 5.88 Å². The molecule has 0 atom stereocenters. The Morgan fingerprint density at radius 1 is 1.30 bits per heavy atom. The number of fused-ring (bicyclic) bond motifs is 2. The van der Waals surface area contributed by atoms with Crippen LogP contribution in [0.5, 0.6) is 11.6 Å². The molecule has 2 heterocycles. The van der Waals surface area contributed by atoms with E-state index < -0.39 is 0 Å². The highest BCUT2D eigenvalue weighted by Gasteiger charge is 2.16. The number of hydrogen-bond donors (Lipinski definition) is 1. The molecule has 102 valence electrons. The second kappa shape index (κ2) is 4.61. The van der Waals surface area contributed by atoms with Crippen LogP contribution in [0.15, 0.2) is 29.8 Å². The summed E-state index contributed by atoms with van der Waals surface area (Å²) in [5.41, 5.74) is 3.49. The first-order chi connectivity index (χ1) is 9.85. The number of thiazole rings is 1. The van der Waals surface area contributed by atoms with Crippen molar-refractivity contribution in [2.75, 3.05) is 0 Å². The van der Waals surface area contributed by atoms with Crippen LogP contribution in [-0.4, -0.2) is 14.5 Å². The van der Waals surface area contributed by atoms with E-state index in [1.165, 1.54) is 28.9 Å². The van der Waals surface area contributed by atoms with Gasteiger partial charge in [-0.15, -0.1) is 11.3 Å². The molecule has 0 spiro atoms. The van der Waals surface area contributed by atoms with Gasteiger partial charge in [-0.2, -0.15) is 4.98 Å². The van der Waals surface area contributed by atoms with Gasteiger partial charge in [-0.1, -0.05) is 6.07 Å². The van der Waals surface area contributed by atoms with E-state index in [2.05, 4.69) is 17.1 Å². The highest BCUT2D eigenvalue weighted by atomic mass is 32.1. The summed E-state index contributed by atoms with van der Waals surface area (Å²) in [5.74, 6) is 1.29. The van der Waals surface area contributed by atoms with Crippen molar-refractivity contribution in [1.29, 1.82) is 0 Å². The van der Waals surface area contributed by atoms with Gasteiger partial charge in [0.25, 0.3) is 0 Å². The lowest BCUT2D eigenvalue weighted by molar-refractivity contribution is 0.270. The molecule has 2 aromatic heterocycles. The van der Waals surface area contributed by atoms with Crippen LogP contribution in [0.25, 0.3) is 4.96 Å². The van der Waals surface area contributed by atoms with Crippen molar-refractivity contribution in [2.24, 2.45) is 0 Å². The quantitative estimate of drug-likeness (QED) is 0.804. The highest BCUT2D eigenvalue weighted by molar-refractivity contribution is 7.15. The SMILES string of the molecule is OCc1c(Oc2ccc3c(c2)CCC3)nc2sccn12. The van der Waals surface area contributed by atoms with Gasteiger partial charge in [0, 0.05) is 11.6 Å². The molecule has 0 bridgehead atoms. The molecule has 0 amide bonds. The maximum Gasteiger partial charge on any atom is 0.244 e. The fourth-order valence-electron chi connectivity index (χ4n) is 2.76. The number of aromatic nitrogens is 2. The van der Waals surface area contributed by atoms with Crippen molar-refractivity contribution in [3.63, 3.8) is 0 Å². The number of ether oxygens (including phenoxy) is 1. The summed E-state index contributed by atoms with van der Waals surface area (Å²) >= 11 is 1.53. The van der Waals surface area contributed by atoms with Gasteiger partial charge in [0.15, 0.2) is 4.96 Å². The van der Waals surface area contributed by atoms with E-state index >= 15 is 0 Å². The first-order valence-electron chi connectivity index (χ1n) is 6.70. The Morgan fingerprint density at radius 2 is 2.20 bits per heavy atom. The smallest absolute Gasteiger partial charge is 0.244 e. The van der Waals surface area contributed by atoms with Crippen molar-refractivity contribution in [1.82, 2.24) is 9.38 Å². The van der Waals surface area contributed by atoms with Crippen LogP contribution in [-0.2, 0) is 19.4 Å². The number of nitrogens with zero attached hydrogens (tertiary/aromatic N) is 2. The fourth-order valence-corrected chi connectivity index (χ4v) is 3.49. The minimum atomic E-state index is -0.0851. The monoisotopic (exact) mass is 286 g/mol. The van der Waals surface area contributed by atoms with Crippen molar-refractivity contribution < 1.29 is 9.84 Å². The molecule has 5 heteroatoms. The predicted molar refractivity (Wildman–Crippen MR) is 77.5 cm³/mol. The highest BCUT2D eigenvalue weighted by Crippen LogP contribution is 2.31. The first kappa shape index (κ1) is 11.9. The van der Waals surface area contributed by atoms with Crippen molar-refractivity contribution >= 4 is 16.3 Å². The first-order valence-corrected chi connectivity index (χ1v) is 7.58. The van der Waals surface area contributed by atoms with Gasteiger partial charge >= 0.3 is 0 Å². The molecule has 0 fully saturated rings. The van der Waals surface area contributed by atoms with Crippen molar-refractivity contribution in [3.8, 4) is 11.6 Å². The molecule has 0 saturated heterocycles. The Hall–Kier alpha value is -1.85. The minimum Gasteiger partial charge on any atom is -0.437 e. The van der Waals surface area contributed by atoms with E-state index in [1.54, 1.807) is 0 Å². The molecule has 1 N–H and O–H groups in total. The number of hydrogen-bond acceptors (Lipinski definition) is 4. The second-order valence-corrected chi connectivity index (χ2v) is 5.84. The van der Waals surface area contributed by atoms with Crippen molar-refractivity contribution in [2.45, 2.75) is 25.9 Å². The molecule has 1 aliphatic rings. The number of benzene rings is 1. The summed E-state index contributed by atoms with van der Waals surface area (Å²) in [6.07, 6.45) is 5.41.